The lowest BCUT2D eigenvalue weighted by Gasteiger charge is -2.40. The van der Waals surface area contributed by atoms with Gasteiger partial charge in [-0.3, -0.25) is 4.90 Å². The predicted molar refractivity (Wildman–Crippen MR) is 101 cm³/mol. The van der Waals surface area contributed by atoms with E-state index in [2.05, 4.69) is 31.8 Å². The van der Waals surface area contributed by atoms with Gasteiger partial charge in [-0.2, -0.15) is 0 Å². The average Bonchev–Trinajstić information content (AvgIpc) is 2.64. The summed E-state index contributed by atoms with van der Waals surface area (Å²) in [4.78, 5) is 5.29. The van der Waals surface area contributed by atoms with E-state index in [0.29, 0.717) is 0 Å². The van der Waals surface area contributed by atoms with Crippen LogP contribution in [0.2, 0.25) is 0 Å². The fraction of sp³-hybridized carbons (Fsp3) is 0.684. The van der Waals surface area contributed by atoms with E-state index in [4.69, 9.17) is 9.47 Å². The van der Waals surface area contributed by atoms with Crippen molar-refractivity contribution in [3.63, 3.8) is 0 Å². The first-order chi connectivity index (χ1) is 11.7. The smallest absolute Gasteiger partial charge is 0.161 e. The lowest BCUT2D eigenvalue weighted by molar-refractivity contribution is 0.0895. The molecular weight excluding hydrogens is 368 g/mol. The molecule has 2 heterocycles. The molecule has 0 amide bonds. The van der Waals surface area contributed by atoms with Crippen LogP contribution in [-0.4, -0.2) is 56.2 Å². The predicted octanol–water partition coefficient (Wildman–Crippen LogP) is 3.92. The van der Waals surface area contributed by atoms with Gasteiger partial charge in [-0.05, 0) is 69.6 Å². The minimum atomic E-state index is 0.775. The van der Waals surface area contributed by atoms with E-state index in [-0.39, 0.29) is 0 Å². The highest BCUT2D eigenvalue weighted by Gasteiger charge is 2.26. The van der Waals surface area contributed by atoms with Crippen molar-refractivity contribution in [2.75, 3.05) is 40.4 Å². The van der Waals surface area contributed by atoms with Gasteiger partial charge in [0.2, 0.25) is 0 Å². The summed E-state index contributed by atoms with van der Waals surface area (Å²) < 4.78 is 11.9. The molecule has 0 aliphatic carbocycles. The number of benzene rings is 1. The molecule has 0 N–H and O–H groups in total. The molecule has 2 saturated heterocycles. The molecule has 1 aromatic rings. The first-order valence-corrected chi connectivity index (χ1v) is 9.87. The van der Waals surface area contributed by atoms with E-state index < -0.39 is 0 Å². The topological polar surface area (TPSA) is 24.9 Å². The highest BCUT2D eigenvalue weighted by Crippen LogP contribution is 2.34. The lowest BCUT2D eigenvalue weighted by atomic mass is 9.99. The van der Waals surface area contributed by atoms with E-state index in [1.165, 1.54) is 63.8 Å². The van der Waals surface area contributed by atoms with Crippen LogP contribution in [0.15, 0.2) is 16.6 Å². The number of nitrogens with zero attached hydrogens (tertiary/aromatic N) is 2. The van der Waals surface area contributed by atoms with E-state index in [0.717, 1.165) is 28.6 Å². The fourth-order valence-electron chi connectivity index (χ4n) is 3.98. The summed E-state index contributed by atoms with van der Waals surface area (Å²) in [6.07, 6.45) is 6.79. The lowest BCUT2D eigenvalue weighted by Crippen LogP contribution is -2.46. The normalized spacial score (nSPS) is 21.0. The summed E-state index contributed by atoms with van der Waals surface area (Å²) in [6.45, 7) is 5.95. The van der Waals surface area contributed by atoms with Gasteiger partial charge in [0.25, 0.3) is 0 Å². The van der Waals surface area contributed by atoms with E-state index in [1.807, 2.05) is 6.07 Å². The van der Waals surface area contributed by atoms with Gasteiger partial charge < -0.3 is 14.4 Å². The Bertz CT molecular complexity index is 538. The first-order valence-electron chi connectivity index (χ1n) is 9.08. The second-order valence-electron chi connectivity index (χ2n) is 6.90. The molecule has 3 rings (SSSR count). The molecule has 0 saturated carbocycles. The molecule has 0 atom stereocenters. The number of piperidine rings is 2. The second-order valence-corrected chi connectivity index (χ2v) is 7.76. The zero-order chi connectivity index (χ0) is 16.9. The van der Waals surface area contributed by atoms with Gasteiger partial charge in [-0.25, -0.2) is 0 Å². The summed E-state index contributed by atoms with van der Waals surface area (Å²) >= 11 is 3.68. The average molecular weight is 397 g/mol. The summed E-state index contributed by atoms with van der Waals surface area (Å²) in [5.74, 6) is 1.58. The molecular formula is C19H29BrN2O2. The Morgan fingerprint density at radius 1 is 0.958 bits per heavy atom. The molecule has 134 valence electrons. The Kier molecular flexibility index (Phi) is 6.42. The van der Waals surface area contributed by atoms with Crippen LogP contribution in [0.3, 0.4) is 0 Å². The van der Waals surface area contributed by atoms with Crippen molar-refractivity contribution in [3.05, 3.63) is 22.2 Å². The van der Waals surface area contributed by atoms with Gasteiger partial charge in [-0.15, -0.1) is 0 Å². The molecule has 2 aliphatic heterocycles. The fourth-order valence-corrected chi connectivity index (χ4v) is 4.43. The van der Waals surface area contributed by atoms with E-state index >= 15 is 0 Å². The number of methoxy groups -OCH3 is 2. The Balaban J connectivity index is 1.57. The van der Waals surface area contributed by atoms with Crippen LogP contribution in [0.4, 0.5) is 0 Å². The zero-order valence-corrected chi connectivity index (χ0v) is 16.5. The summed E-state index contributed by atoms with van der Waals surface area (Å²) in [6, 6.07) is 4.91. The first kappa shape index (κ1) is 18.0. The maximum Gasteiger partial charge on any atom is 0.161 e. The van der Waals surface area contributed by atoms with Gasteiger partial charge in [0.1, 0.15) is 0 Å². The molecule has 0 spiro atoms. The molecule has 0 radical (unpaired) electrons. The number of likely N-dealkylation sites (tertiary alicyclic amines) is 2. The SMILES string of the molecule is COc1cc(Br)c(CN2CCC(N3CCCCC3)CC2)cc1OC. The van der Waals surface area contributed by atoms with Gasteiger partial charge in [0, 0.05) is 17.1 Å². The van der Waals surface area contributed by atoms with E-state index in [1.54, 1.807) is 14.2 Å². The Morgan fingerprint density at radius 3 is 2.21 bits per heavy atom. The molecule has 24 heavy (non-hydrogen) atoms. The van der Waals surface area contributed by atoms with Crippen molar-refractivity contribution in [1.29, 1.82) is 0 Å². The number of hydrogen-bond donors (Lipinski definition) is 0. The molecule has 4 nitrogen and oxygen atoms in total. The Morgan fingerprint density at radius 2 is 1.58 bits per heavy atom. The van der Waals surface area contributed by atoms with Crippen LogP contribution < -0.4 is 9.47 Å². The minimum Gasteiger partial charge on any atom is -0.493 e. The number of hydrogen-bond acceptors (Lipinski definition) is 4. The molecule has 0 bridgehead atoms. The molecule has 5 heteroatoms. The van der Waals surface area contributed by atoms with Crippen LogP contribution in [-0.2, 0) is 6.54 Å². The number of rotatable bonds is 5. The van der Waals surface area contributed by atoms with Crippen LogP contribution in [0.1, 0.15) is 37.7 Å². The summed E-state index contributed by atoms with van der Waals surface area (Å²) in [5, 5.41) is 0. The molecule has 0 unspecified atom stereocenters. The second kappa shape index (κ2) is 8.54. The van der Waals surface area contributed by atoms with Crippen LogP contribution in [0.25, 0.3) is 0 Å². The molecule has 0 aromatic heterocycles. The Labute approximate surface area is 154 Å². The highest BCUT2D eigenvalue weighted by atomic mass is 79.9. The highest BCUT2D eigenvalue weighted by molar-refractivity contribution is 9.10. The van der Waals surface area contributed by atoms with Crippen LogP contribution in [0, 0.1) is 0 Å². The van der Waals surface area contributed by atoms with Gasteiger partial charge >= 0.3 is 0 Å². The quantitative estimate of drug-likeness (QED) is 0.752. The maximum absolute atomic E-state index is 5.45. The van der Waals surface area contributed by atoms with Crippen molar-refractivity contribution in [2.45, 2.75) is 44.7 Å². The van der Waals surface area contributed by atoms with Crippen LogP contribution >= 0.6 is 15.9 Å². The van der Waals surface area contributed by atoms with Crippen LogP contribution in [0.5, 0.6) is 11.5 Å². The van der Waals surface area contributed by atoms with Gasteiger partial charge in [0.05, 0.1) is 14.2 Å². The van der Waals surface area contributed by atoms with Crippen molar-refractivity contribution >= 4 is 15.9 Å². The Hall–Kier alpha value is -0.780. The van der Waals surface area contributed by atoms with Crippen molar-refractivity contribution < 1.29 is 9.47 Å². The zero-order valence-electron chi connectivity index (χ0n) is 14.9. The number of ether oxygens (including phenoxy) is 2. The standard InChI is InChI=1S/C19H29BrN2O2/c1-23-18-12-15(17(20)13-19(18)24-2)14-21-10-6-16(7-11-21)22-8-4-3-5-9-22/h12-13,16H,3-11,14H2,1-2H3. The van der Waals surface area contributed by atoms with Gasteiger partial charge in [-0.1, -0.05) is 22.4 Å². The summed E-state index contributed by atoms with van der Waals surface area (Å²) in [7, 11) is 3.37. The minimum absolute atomic E-state index is 0.775. The molecule has 2 fully saturated rings. The van der Waals surface area contributed by atoms with E-state index in [9.17, 15) is 0 Å². The monoisotopic (exact) mass is 396 g/mol. The van der Waals surface area contributed by atoms with Gasteiger partial charge in [0.15, 0.2) is 11.5 Å². The third-order valence-electron chi connectivity index (χ3n) is 5.41. The molecule has 2 aliphatic rings. The third-order valence-corrected chi connectivity index (χ3v) is 6.15. The van der Waals surface area contributed by atoms with Crippen molar-refractivity contribution in [2.24, 2.45) is 0 Å². The van der Waals surface area contributed by atoms with Crippen molar-refractivity contribution in [1.82, 2.24) is 9.80 Å². The largest absolute Gasteiger partial charge is 0.493 e. The number of halogens is 1. The summed E-state index contributed by atoms with van der Waals surface area (Å²) in [5.41, 5.74) is 1.27. The van der Waals surface area contributed by atoms with Crippen molar-refractivity contribution in [3.8, 4) is 11.5 Å². The molecule has 1 aromatic carbocycles. The third kappa shape index (κ3) is 4.24. The maximum atomic E-state index is 5.45.